The Kier molecular flexibility index (Phi) is 5.72. The van der Waals surface area contributed by atoms with Crippen molar-refractivity contribution in [3.63, 3.8) is 0 Å². The molecule has 0 aromatic heterocycles. The maximum Gasteiger partial charge on any atom is 0.0314 e. The molecule has 0 atom stereocenters. The second-order valence-electron chi connectivity index (χ2n) is 4.21. The summed E-state index contributed by atoms with van der Waals surface area (Å²) >= 11 is 0. The van der Waals surface area contributed by atoms with Gasteiger partial charge in [-0.05, 0) is 36.6 Å². The van der Waals surface area contributed by atoms with Crippen LogP contribution in [0.5, 0.6) is 0 Å². The molecule has 2 N–H and O–H groups in total. The number of hydrogen-bond acceptors (Lipinski definition) is 1. The minimum atomic E-state index is 0.840. The fourth-order valence-electron chi connectivity index (χ4n) is 1.46. The van der Waals surface area contributed by atoms with Crippen molar-refractivity contribution in [2.75, 3.05) is 5.73 Å². The molecule has 0 aliphatic heterocycles. The maximum absolute atomic E-state index is 5.48. The molecule has 0 aliphatic carbocycles. The number of rotatable bonds is 2. The van der Waals surface area contributed by atoms with Crippen molar-refractivity contribution < 1.29 is 0 Å². The largest absolute Gasteiger partial charge is 0.399 e. The standard InChI is InChI=1S/C9H10.C8H11N/c1-3-9-6-4-8(2)5-7-9;1-2-7-3-5-8(9)6-4-7/h3-7H,1H2,2H3;3-6H,2,9H2,1H3. The van der Waals surface area contributed by atoms with Gasteiger partial charge in [0, 0.05) is 5.69 Å². The molecule has 2 rings (SSSR count). The molecule has 0 amide bonds. The minimum absolute atomic E-state index is 0.840. The Balaban J connectivity index is 0.000000180. The second-order valence-corrected chi connectivity index (χ2v) is 4.21. The lowest BCUT2D eigenvalue weighted by molar-refractivity contribution is 1.14. The van der Waals surface area contributed by atoms with Crippen LogP contribution in [0.4, 0.5) is 5.69 Å². The van der Waals surface area contributed by atoms with Crippen molar-refractivity contribution in [1.29, 1.82) is 0 Å². The van der Waals surface area contributed by atoms with Crippen LogP contribution in [-0.4, -0.2) is 0 Å². The van der Waals surface area contributed by atoms with Crippen molar-refractivity contribution in [2.24, 2.45) is 0 Å². The van der Waals surface area contributed by atoms with Gasteiger partial charge < -0.3 is 5.73 Å². The average molecular weight is 239 g/mol. The van der Waals surface area contributed by atoms with E-state index in [2.05, 4.69) is 56.8 Å². The van der Waals surface area contributed by atoms with Crippen LogP contribution in [0.2, 0.25) is 0 Å². The van der Waals surface area contributed by atoms with Crippen molar-refractivity contribution in [1.82, 2.24) is 0 Å². The molecule has 0 radical (unpaired) electrons. The van der Waals surface area contributed by atoms with E-state index in [1.165, 1.54) is 16.7 Å². The third kappa shape index (κ3) is 4.88. The first kappa shape index (κ1) is 14.0. The summed E-state index contributed by atoms with van der Waals surface area (Å²) in [5, 5.41) is 0. The fourth-order valence-corrected chi connectivity index (χ4v) is 1.46. The van der Waals surface area contributed by atoms with E-state index >= 15 is 0 Å². The van der Waals surface area contributed by atoms with Crippen LogP contribution in [0.3, 0.4) is 0 Å². The van der Waals surface area contributed by atoms with Crippen LogP contribution >= 0.6 is 0 Å². The van der Waals surface area contributed by atoms with Crippen LogP contribution < -0.4 is 5.73 Å². The minimum Gasteiger partial charge on any atom is -0.399 e. The lowest BCUT2D eigenvalue weighted by Crippen LogP contribution is -1.84. The van der Waals surface area contributed by atoms with E-state index in [-0.39, 0.29) is 0 Å². The number of hydrogen-bond donors (Lipinski definition) is 1. The van der Waals surface area contributed by atoms with Crippen LogP contribution in [0.15, 0.2) is 55.1 Å². The normalized spacial score (nSPS) is 9.22. The highest BCUT2D eigenvalue weighted by atomic mass is 14.5. The topological polar surface area (TPSA) is 26.0 Å². The van der Waals surface area contributed by atoms with Gasteiger partial charge >= 0.3 is 0 Å². The predicted molar refractivity (Wildman–Crippen MR) is 81.5 cm³/mol. The summed E-state index contributed by atoms with van der Waals surface area (Å²) in [5.74, 6) is 0. The zero-order valence-corrected chi connectivity index (χ0v) is 11.2. The first-order valence-corrected chi connectivity index (χ1v) is 6.19. The molecule has 0 spiro atoms. The molecule has 0 saturated carbocycles. The Bertz CT molecular complexity index is 466. The van der Waals surface area contributed by atoms with Gasteiger partial charge in [-0.25, -0.2) is 0 Å². The lowest BCUT2D eigenvalue weighted by atomic mass is 10.2. The van der Waals surface area contributed by atoms with Crippen molar-refractivity contribution in [3.05, 3.63) is 71.8 Å². The van der Waals surface area contributed by atoms with E-state index in [4.69, 9.17) is 5.73 Å². The van der Waals surface area contributed by atoms with Gasteiger partial charge in [0.05, 0.1) is 0 Å². The Hall–Kier alpha value is -2.02. The van der Waals surface area contributed by atoms with Gasteiger partial charge in [-0.3, -0.25) is 0 Å². The van der Waals surface area contributed by atoms with E-state index in [1.807, 2.05) is 18.2 Å². The van der Waals surface area contributed by atoms with Crippen molar-refractivity contribution >= 4 is 11.8 Å². The van der Waals surface area contributed by atoms with Crippen molar-refractivity contribution in [3.8, 4) is 0 Å². The first-order chi connectivity index (χ1) is 8.65. The summed E-state index contributed by atoms with van der Waals surface area (Å²) in [7, 11) is 0. The number of anilines is 1. The first-order valence-electron chi connectivity index (χ1n) is 6.19. The highest BCUT2D eigenvalue weighted by molar-refractivity contribution is 5.46. The Morgan fingerprint density at radius 2 is 1.56 bits per heavy atom. The Morgan fingerprint density at radius 3 is 2.00 bits per heavy atom. The SMILES string of the molecule is C=Cc1ccc(C)cc1.CCc1ccc(N)cc1. The zero-order chi connectivity index (χ0) is 13.4. The van der Waals surface area contributed by atoms with E-state index in [0.29, 0.717) is 0 Å². The zero-order valence-electron chi connectivity index (χ0n) is 11.2. The van der Waals surface area contributed by atoms with Crippen LogP contribution in [-0.2, 0) is 6.42 Å². The third-order valence-electron chi connectivity index (χ3n) is 2.70. The smallest absolute Gasteiger partial charge is 0.0314 e. The number of benzene rings is 2. The van der Waals surface area contributed by atoms with Gasteiger partial charge in [0.2, 0.25) is 0 Å². The second kappa shape index (κ2) is 7.33. The Morgan fingerprint density at radius 1 is 1.00 bits per heavy atom. The average Bonchev–Trinajstić information content (AvgIpc) is 2.41. The summed E-state index contributed by atoms with van der Waals surface area (Å²) in [6.07, 6.45) is 2.93. The molecular weight excluding hydrogens is 218 g/mol. The summed E-state index contributed by atoms with van der Waals surface area (Å²) < 4.78 is 0. The molecule has 0 aliphatic rings. The van der Waals surface area contributed by atoms with Crippen LogP contribution in [0, 0.1) is 6.92 Å². The molecule has 2 aromatic carbocycles. The Labute approximate surface area is 110 Å². The van der Waals surface area contributed by atoms with E-state index in [0.717, 1.165) is 12.1 Å². The summed E-state index contributed by atoms with van der Waals surface area (Å²) in [5.41, 5.74) is 10.1. The summed E-state index contributed by atoms with van der Waals surface area (Å²) in [6.45, 7) is 7.87. The molecular formula is C17H21N. The number of aryl methyl sites for hydroxylation is 2. The van der Waals surface area contributed by atoms with Gasteiger partial charge in [0.25, 0.3) is 0 Å². The van der Waals surface area contributed by atoms with Crippen LogP contribution in [0.1, 0.15) is 23.6 Å². The van der Waals surface area contributed by atoms with Crippen LogP contribution in [0.25, 0.3) is 6.08 Å². The molecule has 0 saturated heterocycles. The molecule has 0 unspecified atom stereocenters. The monoisotopic (exact) mass is 239 g/mol. The molecule has 0 bridgehead atoms. The molecule has 2 aromatic rings. The molecule has 1 nitrogen and oxygen atoms in total. The molecule has 0 fully saturated rings. The van der Waals surface area contributed by atoms with E-state index in [9.17, 15) is 0 Å². The van der Waals surface area contributed by atoms with E-state index in [1.54, 1.807) is 0 Å². The highest BCUT2D eigenvalue weighted by Gasteiger charge is 1.85. The quantitative estimate of drug-likeness (QED) is 0.769. The third-order valence-corrected chi connectivity index (χ3v) is 2.70. The number of nitrogen functional groups attached to an aromatic ring is 1. The highest BCUT2D eigenvalue weighted by Crippen LogP contribution is 2.05. The van der Waals surface area contributed by atoms with E-state index < -0.39 is 0 Å². The summed E-state index contributed by atoms with van der Waals surface area (Å²) in [6, 6.07) is 16.2. The lowest BCUT2D eigenvalue weighted by Gasteiger charge is -1.94. The predicted octanol–water partition coefficient (Wildman–Crippen LogP) is 4.47. The van der Waals surface area contributed by atoms with Gasteiger partial charge in [-0.2, -0.15) is 0 Å². The summed E-state index contributed by atoms with van der Waals surface area (Å²) in [4.78, 5) is 0. The van der Waals surface area contributed by atoms with Crippen molar-refractivity contribution in [2.45, 2.75) is 20.3 Å². The number of nitrogens with two attached hydrogens (primary N) is 1. The molecule has 18 heavy (non-hydrogen) atoms. The maximum atomic E-state index is 5.48. The molecule has 94 valence electrons. The van der Waals surface area contributed by atoms with Gasteiger partial charge in [-0.1, -0.05) is 61.5 Å². The van der Waals surface area contributed by atoms with Gasteiger partial charge in [0.1, 0.15) is 0 Å². The van der Waals surface area contributed by atoms with Gasteiger partial charge in [0.15, 0.2) is 0 Å². The fraction of sp³-hybridized carbons (Fsp3) is 0.176. The molecule has 1 heteroatoms. The van der Waals surface area contributed by atoms with Gasteiger partial charge in [-0.15, -0.1) is 0 Å². The molecule has 0 heterocycles.